The molecule has 0 unspecified atom stereocenters. The molecule has 2 N–H and O–H groups in total. The summed E-state index contributed by atoms with van der Waals surface area (Å²) in [7, 11) is 2.23. The van der Waals surface area contributed by atoms with Gasteiger partial charge in [-0.05, 0) is 56.3 Å². The Balaban J connectivity index is 1.70. The Morgan fingerprint density at radius 3 is 2.67 bits per heavy atom. The normalized spacial score (nSPS) is 22.5. The van der Waals surface area contributed by atoms with Gasteiger partial charge in [-0.15, -0.1) is 0 Å². The summed E-state index contributed by atoms with van der Waals surface area (Å²) < 4.78 is 5.86. The summed E-state index contributed by atoms with van der Waals surface area (Å²) in [4.78, 5) is 2.47. The Morgan fingerprint density at radius 2 is 2.00 bits per heavy atom. The van der Waals surface area contributed by atoms with Crippen LogP contribution in [0, 0.1) is 5.92 Å². The minimum atomic E-state index is 0.567. The van der Waals surface area contributed by atoms with Crippen LogP contribution in [-0.2, 0) is 6.54 Å². The van der Waals surface area contributed by atoms with Gasteiger partial charge in [0.1, 0.15) is 12.4 Å². The van der Waals surface area contributed by atoms with Gasteiger partial charge in [0.15, 0.2) is 0 Å². The van der Waals surface area contributed by atoms with Crippen LogP contribution in [0.1, 0.15) is 44.6 Å². The van der Waals surface area contributed by atoms with Gasteiger partial charge in [0, 0.05) is 19.1 Å². The van der Waals surface area contributed by atoms with Crippen molar-refractivity contribution in [3.63, 3.8) is 0 Å². The molecule has 0 heterocycles. The molecule has 1 saturated carbocycles. The van der Waals surface area contributed by atoms with Gasteiger partial charge >= 0.3 is 0 Å². The van der Waals surface area contributed by atoms with E-state index < -0.39 is 0 Å². The lowest BCUT2D eigenvalue weighted by Crippen LogP contribution is -2.37. The van der Waals surface area contributed by atoms with Crippen LogP contribution in [0.2, 0.25) is 0 Å². The van der Waals surface area contributed by atoms with E-state index in [0.29, 0.717) is 6.54 Å². The monoisotopic (exact) mass is 290 g/mol. The highest BCUT2D eigenvalue weighted by Crippen LogP contribution is 2.28. The third-order valence-corrected chi connectivity index (χ3v) is 4.86. The Hall–Kier alpha value is -1.06. The fraction of sp³-hybridized carbons (Fsp3) is 0.667. The molecule has 0 aromatic heterocycles. The van der Waals surface area contributed by atoms with Crippen molar-refractivity contribution >= 4 is 0 Å². The van der Waals surface area contributed by atoms with Crippen LogP contribution in [0.5, 0.6) is 5.75 Å². The predicted octanol–water partition coefficient (Wildman–Crippen LogP) is 3.42. The summed E-state index contributed by atoms with van der Waals surface area (Å²) >= 11 is 0. The summed E-state index contributed by atoms with van der Waals surface area (Å²) in [6.07, 6.45) is 6.82. The number of rotatable bonds is 7. The zero-order chi connectivity index (χ0) is 15.1. The van der Waals surface area contributed by atoms with Crippen LogP contribution in [0.15, 0.2) is 24.3 Å². The van der Waals surface area contributed by atoms with Gasteiger partial charge in [0.05, 0.1) is 0 Å². The Morgan fingerprint density at radius 1 is 1.24 bits per heavy atom. The van der Waals surface area contributed by atoms with Gasteiger partial charge in [-0.25, -0.2) is 0 Å². The summed E-state index contributed by atoms with van der Waals surface area (Å²) in [6, 6.07) is 8.82. The zero-order valence-corrected chi connectivity index (χ0v) is 13.6. The SMILES string of the molecule is CCC1CCC(N(C)CCOc2cccc(CN)c2)CC1. The largest absolute Gasteiger partial charge is 0.492 e. The minimum Gasteiger partial charge on any atom is -0.492 e. The molecule has 1 aromatic rings. The molecular weight excluding hydrogens is 260 g/mol. The highest BCUT2D eigenvalue weighted by Gasteiger charge is 2.22. The lowest BCUT2D eigenvalue weighted by Gasteiger charge is -2.34. The van der Waals surface area contributed by atoms with Crippen LogP contribution in [-0.4, -0.2) is 31.1 Å². The fourth-order valence-electron chi connectivity index (χ4n) is 3.25. The van der Waals surface area contributed by atoms with Crippen molar-refractivity contribution in [3.05, 3.63) is 29.8 Å². The molecule has 0 radical (unpaired) electrons. The molecule has 0 saturated heterocycles. The zero-order valence-electron chi connectivity index (χ0n) is 13.6. The molecule has 0 atom stereocenters. The van der Waals surface area contributed by atoms with E-state index in [9.17, 15) is 0 Å². The molecule has 0 spiro atoms. The summed E-state index contributed by atoms with van der Waals surface area (Å²) in [5, 5.41) is 0. The smallest absolute Gasteiger partial charge is 0.119 e. The van der Waals surface area contributed by atoms with Gasteiger partial charge in [-0.1, -0.05) is 25.5 Å². The predicted molar refractivity (Wildman–Crippen MR) is 88.5 cm³/mol. The first-order valence-electron chi connectivity index (χ1n) is 8.35. The maximum atomic E-state index is 5.86. The quantitative estimate of drug-likeness (QED) is 0.836. The average molecular weight is 290 g/mol. The molecule has 2 rings (SSSR count). The van der Waals surface area contributed by atoms with Crippen molar-refractivity contribution in [1.82, 2.24) is 4.90 Å². The lowest BCUT2D eigenvalue weighted by atomic mass is 9.84. The summed E-state index contributed by atoms with van der Waals surface area (Å²) in [6.45, 7) is 4.63. The highest BCUT2D eigenvalue weighted by molar-refractivity contribution is 5.28. The standard InChI is InChI=1S/C18H30N2O/c1-3-15-7-9-17(10-8-15)20(2)11-12-21-18-6-4-5-16(13-18)14-19/h4-6,13,15,17H,3,7-12,14,19H2,1-2H3. The number of benzene rings is 1. The summed E-state index contributed by atoms with van der Waals surface area (Å²) in [5.74, 6) is 1.89. The molecule has 0 amide bonds. The molecular formula is C18H30N2O. The summed E-state index contributed by atoms with van der Waals surface area (Å²) in [5.41, 5.74) is 6.78. The molecule has 1 aliphatic rings. The van der Waals surface area contributed by atoms with Crippen molar-refractivity contribution < 1.29 is 4.74 Å². The van der Waals surface area contributed by atoms with Crippen molar-refractivity contribution in [2.24, 2.45) is 11.7 Å². The third kappa shape index (κ3) is 5.01. The van der Waals surface area contributed by atoms with Crippen LogP contribution in [0.3, 0.4) is 0 Å². The van der Waals surface area contributed by atoms with E-state index in [4.69, 9.17) is 10.5 Å². The Bertz CT molecular complexity index is 413. The number of nitrogens with zero attached hydrogens (tertiary/aromatic N) is 1. The maximum absolute atomic E-state index is 5.86. The Kier molecular flexibility index (Phi) is 6.52. The first-order chi connectivity index (χ1) is 10.2. The number of likely N-dealkylation sites (N-methyl/N-ethyl adjacent to an activating group) is 1. The molecule has 0 aliphatic heterocycles. The number of hydrogen-bond donors (Lipinski definition) is 1. The van der Waals surface area contributed by atoms with Gasteiger partial charge in [0.2, 0.25) is 0 Å². The van der Waals surface area contributed by atoms with E-state index in [1.54, 1.807) is 0 Å². The van der Waals surface area contributed by atoms with E-state index in [-0.39, 0.29) is 0 Å². The molecule has 1 fully saturated rings. The van der Waals surface area contributed by atoms with Crippen LogP contribution in [0.25, 0.3) is 0 Å². The number of nitrogens with two attached hydrogens (primary N) is 1. The second-order valence-electron chi connectivity index (χ2n) is 6.26. The van der Waals surface area contributed by atoms with E-state index >= 15 is 0 Å². The average Bonchev–Trinajstić information content (AvgIpc) is 2.55. The van der Waals surface area contributed by atoms with Crippen LogP contribution in [0.4, 0.5) is 0 Å². The number of ether oxygens (including phenoxy) is 1. The van der Waals surface area contributed by atoms with Crippen molar-refractivity contribution in [2.45, 2.75) is 51.6 Å². The number of hydrogen-bond acceptors (Lipinski definition) is 3. The van der Waals surface area contributed by atoms with Crippen molar-refractivity contribution in [1.29, 1.82) is 0 Å². The second kappa shape index (κ2) is 8.40. The van der Waals surface area contributed by atoms with Crippen LogP contribution < -0.4 is 10.5 Å². The minimum absolute atomic E-state index is 0.567. The van der Waals surface area contributed by atoms with E-state index in [1.807, 2.05) is 24.3 Å². The lowest BCUT2D eigenvalue weighted by molar-refractivity contribution is 0.141. The first kappa shape index (κ1) is 16.3. The van der Waals surface area contributed by atoms with Gasteiger partial charge in [0.25, 0.3) is 0 Å². The maximum Gasteiger partial charge on any atom is 0.119 e. The molecule has 118 valence electrons. The van der Waals surface area contributed by atoms with Crippen molar-refractivity contribution in [3.8, 4) is 5.75 Å². The first-order valence-corrected chi connectivity index (χ1v) is 8.35. The molecule has 0 bridgehead atoms. The molecule has 21 heavy (non-hydrogen) atoms. The van der Waals surface area contributed by atoms with E-state index in [1.165, 1.54) is 32.1 Å². The molecule has 3 heteroatoms. The third-order valence-electron chi connectivity index (χ3n) is 4.86. The van der Waals surface area contributed by atoms with Crippen molar-refractivity contribution in [2.75, 3.05) is 20.2 Å². The van der Waals surface area contributed by atoms with Gasteiger partial charge in [-0.3, -0.25) is 0 Å². The van der Waals surface area contributed by atoms with E-state index in [0.717, 1.165) is 36.4 Å². The highest BCUT2D eigenvalue weighted by atomic mass is 16.5. The second-order valence-corrected chi connectivity index (χ2v) is 6.26. The molecule has 1 aromatic carbocycles. The van der Waals surface area contributed by atoms with Gasteiger partial charge < -0.3 is 15.4 Å². The molecule has 1 aliphatic carbocycles. The fourth-order valence-corrected chi connectivity index (χ4v) is 3.25. The van der Waals surface area contributed by atoms with E-state index in [2.05, 4.69) is 18.9 Å². The Labute approximate surface area is 129 Å². The molecule has 3 nitrogen and oxygen atoms in total. The van der Waals surface area contributed by atoms with Crippen LogP contribution >= 0.6 is 0 Å². The van der Waals surface area contributed by atoms with Gasteiger partial charge in [-0.2, -0.15) is 0 Å². The topological polar surface area (TPSA) is 38.5 Å².